The molecule has 3 atom stereocenters. The Labute approximate surface area is 123 Å². The van der Waals surface area contributed by atoms with E-state index in [4.69, 9.17) is 15.0 Å². The first kappa shape index (κ1) is 12.7. The van der Waals surface area contributed by atoms with Gasteiger partial charge in [-0.1, -0.05) is 11.6 Å². The standard InChI is InChI=1S/C16H19N3O2/c1-20-11-4-5-12(14(17)8-11)16-18-15(19-21-16)13-7-9-2-3-10(13)6-9/h4-5,8-10,13H,2-3,6-7,17H2,1H3. The maximum atomic E-state index is 6.04. The minimum Gasteiger partial charge on any atom is -0.497 e. The van der Waals surface area contributed by atoms with E-state index in [1.54, 1.807) is 13.2 Å². The largest absolute Gasteiger partial charge is 0.497 e. The highest BCUT2D eigenvalue weighted by atomic mass is 16.5. The Bertz CT molecular complexity index is 667. The van der Waals surface area contributed by atoms with Gasteiger partial charge in [-0.15, -0.1) is 0 Å². The molecule has 1 aromatic carbocycles. The number of aromatic nitrogens is 2. The van der Waals surface area contributed by atoms with Crippen molar-refractivity contribution in [2.45, 2.75) is 31.6 Å². The van der Waals surface area contributed by atoms with E-state index in [1.165, 1.54) is 25.7 Å². The summed E-state index contributed by atoms with van der Waals surface area (Å²) in [7, 11) is 1.62. The van der Waals surface area contributed by atoms with Gasteiger partial charge in [0.05, 0.1) is 12.7 Å². The topological polar surface area (TPSA) is 74.2 Å². The molecule has 3 unspecified atom stereocenters. The van der Waals surface area contributed by atoms with Gasteiger partial charge >= 0.3 is 0 Å². The number of rotatable bonds is 3. The highest BCUT2D eigenvalue weighted by Crippen LogP contribution is 2.52. The van der Waals surface area contributed by atoms with Crippen LogP contribution in [0.25, 0.3) is 11.5 Å². The van der Waals surface area contributed by atoms with Crippen molar-refractivity contribution in [3.05, 3.63) is 24.0 Å². The van der Waals surface area contributed by atoms with Crippen molar-refractivity contribution in [2.24, 2.45) is 11.8 Å². The molecule has 1 heterocycles. The van der Waals surface area contributed by atoms with Crippen LogP contribution in [0.3, 0.4) is 0 Å². The second kappa shape index (κ2) is 4.76. The van der Waals surface area contributed by atoms with Gasteiger partial charge in [-0.2, -0.15) is 4.98 Å². The van der Waals surface area contributed by atoms with Crippen LogP contribution in [0.4, 0.5) is 5.69 Å². The Morgan fingerprint density at radius 3 is 2.86 bits per heavy atom. The minimum absolute atomic E-state index is 0.473. The van der Waals surface area contributed by atoms with Gasteiger partial charge in [-0.25, -0.2) is 0 Å². The van der Waals surface area contributed by atoms with Gasteiger partial charge in [-0.05, 0) is 43.2 Å². The fourth-order valence-corrected chi connectivity index (χ4v) is 3.92. The van der Waals surface area contributed by atoms with Crippen LogP contribution in [0.1, 0.15) is 37.4 Å². The normalized spacial score (nSPS) is 27.2. The summed E-state index contributed by atoms with van der Waals surface area (Å²) in [5, 5.41) is 4.20. The van der Waals surface area contributed by atoms with Crippen LogP contribution in [0.2, 0.25) is 0 Å². The molecule has 2 bridgehead atoms. The first-order valence-electron chi connectivity index (χ1n) is 7.52. The van der Waals surface area contributed by atoms with Crippen LogP contribution in [-0.4, -0.2) is 17.3 Å². The molecule has 0 amide bonds. The van der Waals surface area contributed by atoms with Crippen molar-refractivity contribution < 1.29 is 9.26 Å². The molecule has 21 heavy (non-hydrogen) atoms. The van der Waals surface area contributed by atoms with E-state index in [1.807, 2.05) is 12.1 Å². The Hall–Kier alpha value is -2.04. The van der Waals surface area contributed by atoms with Gasteiger partial charge in [0.1, 0.15) is 5.75 Å². The Kier molecular flexibility index (Phi) is 2.87. The van der Waals surface area contributed by atoms with Crippen LogP contribution in [0.5, 0.6) is 5.75 Å². The number of benzene rings is 1. The van der Waals surface area contributed by atoms with Crippen LogP contribution in [0.15, 0.2) is 22.7 Å². The molecule has 110 valence electrons. The molecule has 0 aliphatic heterocycles. The summed E-state index contributed by atoms with van der Waals surface area (Å²) in [6, 6.07) is 5.50. The summed E-state index contributed by atoms with van der Waals surface area (Å²) in [5.74, 6) is 4.17. The number of nitrogens with zero attached hydrogens (tertiary/aromatic N) is 2. The monoisotopic (exact) mass is 285 g/mol. The minimum atomic E-state index is 0.473. The zero-order valence-electron chi connectivity index (χ0n) is 12.1. The predicted molar refractivity (Wildman–Crippen MR) is 78.9 cm³/mol. The maximum absolute atomic E-state index is 6.04. The lowest BCUT2D eigenvalue weighted by atomic mass is 9.88. The summed E-state index contributed by atoms with van der Waals surface area (Å²) in [5.41, 5.74) is 7.41. The number of nitrogens with two attached hydrogens (primary N) is 1. The van der Waals surface area contributed by atoms with Crippen LogP contribution < -0.4 is 10.5 Å². The smallest absolute Gasteiger partial charge is 0.260 e. The van der Waals surface area contributed by atoms with Gasteiger partial charge < -0.3 is 15.0 Å². The highest BCUT2D eigenvalue weighted by Gasteiger charge is 2.42. The summed E-state index contributed by atoms with van der Waals surface area (Å²) < 4.78 is 10.6. The van der Waals surface area contributed by atoms with E-state index in [0.717, 1.165) is 29.0 Å². The molecule has 2 saturated carbocycles. The second-order valence-corrected chi connectivity index (χ2v) is 6.19. The molecule has 0 spiro atoms. The third kappa shape index (κ3) is 2.07. The lowest BCUT2D eigenvalue weighted by Crippen LogP contribution is -2.09. The van der Waals surface area contributed by atoms with E-state index in [9.17, 15) is 0 Å². The van der Waals surface area contributed by atoms with Gasteiger partial charge in [0.25, 0.3) is 5.89 Å². The van der Waals surface area contributed by atoms with Gasteiger partial charge in [0.2, 0.25) is 0 Å². The summed E-state index contributed by atoms with van der Waals surface area (Å²) in [6.07, 6.45) is 5.22. The van der Waals surface area contributed by atoms with Crippen molar-refractivity contribution in [1.82, 2.24) is 10.1 Å². The molecule has 2 aliphatic carbocycles. The first-order chi connectivity index (χ1) is 10.2. The average molecular weight is 285 g/mol. The van der Waals surface area contributed by atoms with Crippen molar-refractivity contribution in [1.29, 1.82) is 0 Å². The van der Waals surface area contributed by atoms with Crippen LogP contribution >= 0.6 is 0 Å². The number of fused-ring (bicyclic) bond motifs is 2. The molecule has 1 aromatic heterocycles. The Balaban J connectivity index is 1.62. The Morgan fingerprint density at radius 2 is 2.19 bits per heavy atom. The molecule has 2 aromatic rings. The molecule has 4 rings (SSSR count). The molecule has 0 saturated heterocycles. The first-order valence-corrected chi connectivity index (χ1v) is 7.52. The number of nitrogen functional groups attached to an aromatic ring is 1. The number of hydrogen-bond acceptors (Lipinski definition) is 5. The van der Waals surface area contributed by atoms with Gasteiger partial charge in [-0.3, -0.25) is 0 Å². The fourth-order valence-electron chi connectivity index (χ4n) is 3.92. The average Bonchev–Trinajstić information content (AvgIpc) is 3.22. The number of ether oxygens (including phenoxy) is 1. The van der Waals surface area contributed by atoms with Crippen molar-refractivity contribution in [3.63, 3.8) is 0 Å². The predicted octanol–water partition coefficient (Wildman–Crippen LogP) is 3.23. The lowest BCUT2D eigenvalue weighted by Gasteiger charge is -2.17. The fraction of sp³-hybridized carbons (Fsp3) is 0.500. The third-order valence-electron chi connectivity index (χ3n) is 5.00. The molecule has 2 fully saturated rings. The number of anilines is 1. The van der Waals surface area contributed by atoms with Crippen LogP contribution in [-0.2, 0) is 0 Å². The van der Waals surface area contributed by atoms with E-state index in [2.05, 4.69) is 10.1 Å². The maximum Gasteiger partial charge on any atom is 0.260 e. The van der Waals surface area contributed by atoms with Crippen molar-refractivity contribution in [3.8, 4) is 17.2 Å². The molecule has 0 radical (unpaired) electrons. The molecule has 5 heteroatoms. The lowest BCUT2D eigenvalue weighted by molar-refractivity contribution is 0.372. The second-order valence-electron chi connectivity index (χ2n) is 6.19. The molecular formula is C16H19N3O2. The Morgan fingerprint density at radius 1 is 1.29 bits per heavy atom. The number of methoxy groups -OCH3 is 1. The summed E-state index contributed by atoms with van der Waals surface area (Å²) in [6.45, 7) is 0. The van der Waals surface area contributed by atoms with Gasteiger partial charge in [0.15, 0.2) is 5.82 Å². The van der Waals surface area contributed by atoms with E-state index >= 15 is 0 Å². The highest BCUT2D eigenvalue weighted by molar-refractivity contribution is 5.71. The molecule has 5 nitrogen and oxygen atoms in total. The molecular weight excluding hydrogens is 266 g/mol. The third-order valence-corrected chi connectivity index (χ3v) is 5.00. The zero-order valence-corrected chi connectivity index (χ0v) is 12.1. The van der Waals surface area contributed by atoms with Crippen molar-refractivity contribution in [2.75, 3.05) is 12.8 Å². The summed E-state index contributed by atoms with van der Waals surface area (Å²) in [4.78, 5) is 4.60. The van der Waals surface area contributed by atoms with E-state index in [0.29, 0.717) is 17.5 Å². The molecule has 2 aliphatic rings. The number of hydrogen-bond donors (Lipinski definition) is 1. The van der Waals surface area contributed by atoms with E-state index in [-0.39, 0.29) is 0 Å². The molecule has 2 N–H and O–H groups in total. The van der Waals surface area contributed by atoms with Gasteiger partial charge in [0, 0.05) is 17.7 Å². The SMILES string of the molecule is COc1ccc(-c2nc(C3CC4CCC3C4)no2)c(N)c1. The summed E-state index contributed by atoms with van der Waals surface area (Å²) >= 11 is 0. The van der Waals surface area contributed by atoms with E-state index < -0.39 is 0 Å². The van der Waals surface area contributed by atoms with Crippen LogP contribution in [0, 0.1) is 11.8 Å². The van der Waals surface area contributed by atoms with Crippen molar-refractivity contribution >= 4 is 5.69 Å². The quantitative estimate of drug-likeness (QED) is 0.876. The zero-order chi connectivity index (χ0) is 14.4.